The fraction of sp³-hybridized carbons (Fsp3) is 0.286. The molecule has 2 rings (SSSR count). The summed E-state index contributed by atoms with van der Waals surface area (Å²) in [4.78, 5) is 0.289. The van der Waals surface area contributed by atoms with Crippen molar-refractivity contribution >= 4 is 22.6 Å². The molecule has 0 aromatic carbocycles. The molecule has 2 aromatic rings. The van der Waals surface area contributed by atoms with Gasteiger partial charge in [0, 0.05) is 19.0 Å². The van der Waals surface area contributed by atoms with Crippen LogP contribution < -0.4 is 15.5 Å². The van der Waals surface area contributed by atoms with E-state index in [9.17, 15) is 10.4 Å². The molecule has 0 unspecified atom stereocenters. The van der Waals surface area contributed by atoms with Gasteiger partial charge in [0.15, 0.2) is 11.3 Å². The van der Waals surface area contributed by atoms with Gasteiger partial charge in [-0.15, -0.1) is 0 Å². The number of nitrogens with one attached hydrogen (secondary N) is 2. The third-order valence-corrected chi connectivity index (χ3v) is 2.03. The SMILES string of the molecule is CNc1c(NC)n(O)c2c[n+]([O-])oc12. The van der Waals surface area contributed by atoms with E-state index in [2.05, 4.69) is 10.6 Å². The van der Waals surface area contributed by atoms with Crippen molar-refractivity contribution in [2.45, 2.75) is 0 Å². The smallest absolute Gasteiger partial charge is 0.262 e. The van der Waals surface area contributed by atoms with E-state index in [0.29, 0.717) is 22.6 Å². The third kappa shape index (κ3) is 0.889. The molecule has 0 atom stereocenters. The van der Waals surface area contributed by atoms with Crippen LogP contribution in [0.3, 0.4) is 0 Å². The standard InChI is InChI=1S/C7H10N4O3/c1-8-5-6-4(3-10(12)14-6)11(13)7(5)9-2/h3,8-9,13H,1-2H3. The molecule has 0 amide bonds. The van der Waals surface area contributed by atoms with Gasteiger partial charge in [-0.1, -0.05) is 0 Å². The van der Waals surface area contributed by atoms with Gasteiger partial charge in [0.2, 0.25) is 0 Å². The quantitative estimate of drug-likeness (QED) is 0.473. The number of hydrogen-bond acceptors (Lipinski definition) is 5. The summed E-state index contributed by atoms with van der Waals surface area (Å²) in [5, 5.41) is 26.1. The summed E-state index contributed by atoms with van der Waals surface area (Å²) >= 11 is 0. The Hall–Kier alpha value is -2.05. The summed E-state index contributed by atoms with van der Waals surface area (Å²) in [5.74, 6) is 0.446. The molecule has 0 aliphatic heterocycles. The van der Waals surface area contributed by atoms with Crippen LogP contribution in [0, 0.1) is 5.21 Å². The average Bonchev–Trinajstić information content (AvgIpc) is 2.63. The minimum absolute atomic E-state index is 0.289. The van der Waals surface area contributed by atoms with Gasteiger partial charge in [-0.2, -0.15) is 4.73 Å². The van der Waals surface area contributed by atoms with Crippen LogP contribution in [0.1, 0.15) is 0 Å². The summed E-state index contributed by atoms with van der Waals surface area (Å²) in [7, 11) is 3.33. The molecule has 2 aromatic heterocycles. The first-order chi connectivity index (χ1) is 6.69. The second-order valence-electron chi connectivity index (χ2n) is 2.76. The maximum Gasteiger partial charge on any atom is 0.262 e. The van der Waals surface area contributed by atoms with Crippen LogP contribution in [0.2, 0.25) is 0 Å². The first-order valence-corrected chi connectivity index (χ1v) is 4.01. The molecule has 2 heterocycles. The molecule has 0 aliphatic rings. The Balaban J connectivity index is 2.81. The van der Waals surface area contributed by atoms with Crippen molar-refractivity contribution in [3.8, 4) is 0 Å². The Morgan fingerprint density at radius 1 is 1.50 bits per heavy atom. The summed E-state index contributed by atoms with van der Waals surface area (Å²) < 4.78 is 5.69. The lowest BCUT2D eigenvalue weighted by Gasteiger charge is -2.04. The van der Waals surface area contributed by atoms with Gasteiger partial charge in [0.25, 0.3) is 6.20 Å². The largest absolute Gasteiger partial charge is 0.426 e. The number of rotatable bonds is 2. The van der Waals surface area contributed by atoms with E-state index < -0.39 is 0 Å². The molecular formula is C7H10N4O3. The van der Waals surface area contributed by atoms with Gasteiger partial charge in [0.05, 0.1) is 0 Å². The van der Waals surface area contributed by atoms with E-state index in [4.69, 9.17) is 4.52 Å². The number of anilines is 2. The lowest BCUT2D eigenvalue weighted by atomic mass is 10.4. The van der Waals surface area contributed by atoms with Crippen LogP contribution in [0.15, 0.2) is 10.7 Å². The molecule has 0 spiro atoms. The second kappa shape index (κ2) is 2.72. The highest BCUT2D eigenvalue weighted by molar-refractivity contribution is 5.95. The first kappa shape index (κ1) is 8.54. The van der Waals surface area contributed by atoms with Gasteiger partial charge in [-0.3, -0.25) is 5.21 Å². The zero-order valence-electron chi connectivity index (χ0n) is 7.74. The van der Waals surface area contributed by atoms with E-state index in [1.165, 1.54) is 0 Å². The molecule has 0 fully saturated rings. The van der Waals surface area contributed by atoms with Crippen LogP contribution in [0.5, 0.6) is 0 Å². The van der Waals surface area contributed by atoms with Crippen LogP contribution in [0.25, 0.3) is 11.1 Å². The van der Waals surface area contributed by atoms with Gasteiger partial charge in [-0.25, -0.2) is 0 Å². The molecule has 76 valence electrons. The summed E-state index contributed by atoms with van der Waals surface area (Å²) in [5.41, 5.74) is 1.17. The van der Waals surface area contributed by atoms with E-state index in [-0.39, 0.29) is 4.90 Å². The monoisotopic (exact) mass is 198 g/mol. The number of nitrogens with zero attached hydrogens (tertiary/aromatic N) is 2. The fourth-order valence-corrected chi connectivity index (χ4v) is 1.44. The molecule has 0 radical (unpaired) electrons. The second-order valence-corrected chi connectivity index (χ2v) is 2.76. The first-order valence-electron chi connectivity index (χ1n) is 4.01. The van der Waals surface area contributed by atoms with Gasteiger partial charge in [0.1, 0.15) is 11.3 Å². The highest BCUT2D eigenvalue weighted by atomic mass is 16.7. The molecule has 0 aliphatic carbocycles. The third-order valence-electron chi connectivity index (χ3n) is 2.03. The average molecular weight is 198 g/mol. The predicted octanol–water partition coefficient (Wildman–Crippen LogP) is 0.188. The molecule has 7 nitrogen and oxygen atoms in total. The fourth-order valence-electron chi connectivity index (χ4n) is 1.44. The van der Waals surface area contributed by atoms with Crippen molar-refractivity contribution < 1.29 is 14.6 Å². The van der Waals surface area contributed by atoms with Crippen molar-refractivity contribution in [3.63, 3.8) is 0 Å². The molecule has 14 heavy (non-hydrogen) atoms. The molecule has 0 bridgehead atoms. The molecule has 3 N–H and O–H groups in total. The maximum atomic E-state index is 10.8. The van der Waals surface area contributed by atoms with Crippen molar-refractivity contribution in [3.05, 3.63) is 11.4 Å². The predicted molar refractivity (Wildman–Crippen MR) is 49.4 cm³/mol. The minimum Gasteiger partial charge on any atom is -0.426 e. The summed E-state index contributed by atoms with van der Waals surface area (Å²) in [6.07, 6.45) is 1.15. The van der Waals surface area contributed by atoms with Crippen molar-refractivity contribution in [1.29, 1.82) is 0 Å². The van der Waals surface area contributed by atoms with Crippen molar-refractivity contribution in [1.82, 2.24) is 4.73 Å². The van der Waals surface area contributed by atoms with Crippen LogP contribution in [-0.4, -0.2) is 24.0 Å². The minimum atomic E-state index is 0.289. The topological polar surface area (TPSA) is 89.3 Å². The molecule has 7 heteroatoms. The Labute approximate surface area is 79.0 Å². The molecular weight excluding hydrogens is 188 g/mol. The van der Waals surface area contributed by atoms with Gasteiger partial charge >= 0.3 is 0 Å². The highest BCUT2D eigenvalue weighted by Crippen LogP contribution is 2.32. The lowest BCUT2D eigenvalue weighted by Crippen LogP contribution is -2.20. The zero-order chi connectivity index (χ0) is 10.3. The van der Waals surface area contributed by atoms with E-state index in [0.717, 1.165) is 10.9 Å². The van der Waals surface area contributed by atoms with Gasteiger partial charge < -0.3 is 20.4 Å². The van der Waals surface area contributed by atoms with E-state index in [1.54, 1.807) is 14.1 Å². The molecule has 0 saturated heterocycles. The Morgan fingerprint density at radius 3 is 2.79 bits per heavy atom. The normalized spacial score (nSPS) is 10.7. The van der Waals surface area contributed by atoms with Gasteiger partial charge in [-0.05, 0) is 0 Å². The van der Waals surface area contributed by atoms with E-state index in [1.807, 2.05) is 0 Å². The number of aromatic nitrogens is 2. The van der Waals surface area contributed by atoms with Crippen LogP contribution in [0.4, 0.5) is 11.5 Å². The zero-order valence-corrected chi connectivity index (χ0v) is 7.74. The van der Waals surface area contributed by atoms with E-state index >= 15 is 0 Å². The molecule has 0 saturated carbocycles. The lowest BCUT2D eigenvalue weighted by molar-refractivity contribution is -0.788. The summed E-state index contributed by atoms with van der Waals surface area (Å²) in [6, 6.07) is 0. The van der Waals surface area contributed by atoms with Crippen LogP contribution >= 0.6 is 0 Å². The summed E-state index contributed by atoms with van der Waals surface area (Å²) in [6.45, 7) is 0. The van der Waals surface area contributed by atoms with Crippen molar-refractivity contribution in [2.24, 2.45) is 0 Å². The Morgan fingerprint density at radius 2 is 2.21 bits per heavy atom. The Bertz CT molecular complexity index is 473. The highest BCUT2D eigenvalue weighted by Gasteiger charge is 2.19. The Kier molecular flexibility index (Phi) is 1.66. The van der Waals surface area contributed by atoms with Crippen molar-refractivity contribution in [2.75, 3.05) is 24.7 Å². The maximum absolute atomic E-state index is 10.8. The van der Waals surface area contributed by atoms with Crippen LogP contribution in [-0.2, 0) is 0 Å². The number of hydrogen-bond donors (Lipinski definition) is 3. The number of fused-ring (bicyclic) bond motifs is 1.